The fourth-order valence-electron chi connectivity index (χ4n) is 2.93. The van der Waals surface area contributed by atoms with Crippen LogP contribution in [0.3, 0.4) is 0 Å². The summed E-state index contributed by atoms with van der Waals surface area (Å²) in [5, 5.41) is 0. The Kier molecular flexibility index (Phi) is 6.91. The van der Waals surface area contributed by atoms with Gasteiger partial charge in [0, 0.05) is 23.5 Å². The molecule has 0 spiro atoms. The maximum Gasteiger partial charge on any atom is 0.236 e. The van der Waals surface area contributed by atoms with E-state index in [1.54, 1.807) is 17.0 Å². The first kappa shape index (κ1) is 19.3. The molecular formula is C19H21ClN2O2S. The summed E-state index contributed by atoms with van der Waals surface area (Å²) in [7, 11) is 0. The van der Waals surface area contributed by atoms with Crippen molar-refractivity contribution in [3.8, 4) is 0 Å². The number of benzene rings is 2. The number of halogens is 1. The van der Waals surface area contributed by atoms with E-state index >= 15 is 0 Å². The summed E-state index contributed by atoms with van der Waals surface area (Å²) >= 11 is 1.36. The first-order valence-corrected chi connectivity index (χ1v) is 9.16. The van der Waals surface area contributed by atoms with Crippen LogP contribution in [0.15, 0.2) is 48.5 Å². The molecule has 1 aliphatic rings. The molecule has 0 aliphatic carbocycles. The van der Waals surface area contributed by atoms with Crippen molar-refractivity contribution in [2.45, 2.75) is 12.8 Å². The van der Waals surface area contributed by atoms with Crippen molar-refractivity contribution in [2.75, 3.05) is 28.7 Å². The van der Waals surface area contributed by atoms with Gasteiger partial charge < -0.3 is 10.6 Å². The fraction of sp³-hybridized carbons (Fsp3) is 0.263. The molecule has 2 N–H and O–H groups in total. The molecule has 0 fully saturated rings. The van der Waals surface area contributed by atoms with Crippen LogP contribution >= 0.6 is 24.2 Å². The van der Waals surface area contributed by atoms with Gasteiger partial charge >= 0.3 is 0 Å². The van der Waals surface area contributed by atoms with Gasteiger partial charge in [0.15, 0.2) is 5.78 Å². The highest BCUT2D eigenvalue weighted by atomic mass is 35.5. The number of ketones is 1. The number of hydrogen-bond donors (Lipinski definition) is 1. The molecular weight excluding hydrogens is 356 g/mol. The lowest BCUT2D eigenvalue weighted by Gasteiger charge is -2.30. The average Bonchev–Trinajstić information content (AvgIpc) is 2.62. The molecule has 0 aromatic heterocycles. The molecule has 0 bridgehead atoms. The molecule has 1 heterocycles. The zero-order valence-electron chi connectivity index (χ0n) is 13.8. The predicted molar refractivity (Wildman–Crippen MR) is 107 cm³/mol. The van der Waals surface area contributed by atoms with Crippen LogP contribution in [-0.4, -0.2) is 29.7 Å². The number of rotatable bonds is 5. The van der Waals surface area contributed by atoms with Gasteiger partial charge in [0.25, 0.3) is 0 Å². The molecule has 2 aromatic carbocycles. The standard InChI is InChI=1S/C19H20N2O2S.ClH/c20-16-9-4-10-17-15(16)8-5-11-21(17)19(23)13-24-12-18(22)14-6-2-1-3-7-14;/h1-4,6-7,9-10H,5,8,11-13,20H2;1H. The lowest BCUT2D eigenvalue weighted by atomic mass is 10.00. The minimum atomic E-state index is 0. The summed E-state index contributed by atoms with van der Waals surface area (Å²) in [5.41, 5.74) is 9.43. The highest BCUT2D eigenvalue weighted by Crippen LogP contribution is 2.31. The first-order valence-electron chi connectivity index (χ1n) is 8.00. The lowest BCUT2D eigenvalue weighted by Crippen LogP contribution is -2.37. The highest BCUT2D eigenvalue weighted by molar-refractivity contribution is 8.00. The fourth-order valence-corrected chi connectivity index (χ4v) is 3.71. The largest absolute Gasteiger partial charge is 0.398 e. The van der Waals surface area contributed by atoms with Crippen LogP contribution in [0.4, 0.5) is 11.4 Å². The number of amides is 1. The van der Waals surface area contributed by atoms with Gasteiger partial charge in [-0.2, -0.15) is 0 Å². The number of nitrogens with two attached hydrogens (primary N) is 1. The second-order valence-corrected chi connectivity index (χ2v) is 6.76. The van der Waals surface area contributed by atoms with Gasteiger partial charge in [-0.1, -0.05) is 36.4 Å². The zero-order chi connectivity index (χ0) is 16.9. The van der Waals surface area contributed by atoms with Crippen molar-refractivity contribution < 1.29 is 9.59 Å². The average molecular weight is 377 g/mol. The molecule has 2 aromatic rings. The quantitative estimate of drug-likeness (QED) is 0.639. The number of Topliss-reactive ketones (excluding diaryl/α,β-unsaturated/α-hetero) is 1. The second-order valence-electron chi connectivity index (χ2n) is 5.78. The first-order chi connectivity index (χ1) is 11.7. The van der Waals surface area contributed by atoms with E-state index in [0.29, 0.717) is 23.6 Å². The number of carbonyl (C=O) groups is 2. The smallest absolute Gasteiger partial charge is 0.236 e. The number of nitrogen functional groups attached to an aromatic ring is 1. The van der Waals surface area contributed by atoms with E-state index in [-0.39, 0.29) is 24.1 Å². The molecule has 0 radical (unpaired) electrons. The molecule has 25 heavy (non-hydrogen) atoms. The van der Waals surface area contributed by atoms with E-state index in [9.17, 15) is 9.59 Å². The monoisotopic (exact) mass is 376 g/mol. The van der Waals surface area contributed by atoms with Gasteiger partial charge in [0.05, 0.1) is 11.5 Å². The maximum absolute atomic E-state index is 12.5. The van der Waals surface area contributed by atoms with E-state index in [2.05, 4.69) is 0 Å². The van der Waals surface area contributed by atoms with Crippen molar-refractivity contribution in [1.82, 2.24) is 0 Å². The number of anilines is 2. The van der Waals surface area contributed by atoms with E-state index in [1.165, 1.54) is 11.8 Å². The summed E-state index contributed by atoms with van der Waals surface area (Å²) in [6, 6.07) is 14.9. The molecule has 4 nitrogen and oxygen atoms in total. The van der Waals surface area contributed by atoms with Crippen LogP contribution in [0.5, 0.6) is 0 Å². The Morgan fingerprint density at radius 1 is 1.04 bits per heavy atom. The molecule has 0 unspecified atom stereocenters. The van der Waals surface area contributed by atoms with Crippen molar-refractivity contribution in [3.63, 3.8) is 0 Å². The van der Waals surface area contributed by atoms with Gasteiger partial charge in [-0.15, -0.1) is 24.2 Å². The van der Waals surface area contributed by atoms with E-state index in [0.717, 1.165) is 29.8 Å². The predicted octanol–water partition coefficient (Wildman–Crippen LogP) is 3.59. The third-order valence-electron chi connectivity index (χ3n) is 4.14. The Hall–Kier alpha value is -1.98. The molecule has 1 aliphatic heterocycles. The molecule has 132 valence electrons. The summed E-state index contributed by atoms with van der Waals surface area (Å²) < 4.78 is 0. The van der Waals surface area contributed by atoms with Crippen LogP contribution in [0.2, 0.25) is 0 Å². The number of nitrogens with zero attached hydrogens (tertiary/aromatic N) is 1. The van der Waals surface area contributed by atoms with Gasteiger partial charge in [0.1, 0.15) is 0 Å². The van der Waals surface area contributed by atoms with Crippen LogP contribution in [0.1, 0.15) is 22.3 Å². The Balaban J connectivity index is 0.00000225. The Morgan fingerprint density at radius 2 is 1.80 bits per heavy atom. The summed E-state index contributed by atoms with van der Waals surface area (Å²) in [4.78, 5) is 26.4. The maximum atomic E-state index is 12.5. The molecule has 0 saturated carbocycles. The highest BCUT2D eigenvalue weighted by Gasteiger charge is 2.23. The Labute approximate surface area is 158 Å². The van der Waals surface area contributed by atoms with Crippen molar-refractivity contribution in [3.05, 3.63) is 59.7 Å². The molecule has 6 heteroatoms. The van der Waals surface area contributed by atoms with Gasteiger partial charge in [-0.05, 0) is 30.5 Å². The molecule has 3 rings (SSSR count). The Bertz CT molecular complexity index is 752. The summed E-state index contributed by atoms with van der Waals surface area (Å²) in [6.45, 7) is 0.711. The van der Waals surface area contributed by atoms with Gasteiger partial charge in [0.2, 0.25) is 5.91 Å². The molecule has 0 atom stereocenters. The lowest BCUT2D eigenvalue weighted by molar-refractivity contribution is -0.116. The van der Waals surface area contributed by atoms with E-state index in [1.807, 2.05) is 36.4 Å². The van der Waals surface area contributed by atoms with Crippen LogP contribution in [0, 0.1) is 0 Å². The van der Waals surface area contributed by atoms with Gasteiger partial charge in [-0.3, -0.25) is 9.59 Å². The van der Waals surface area contributed by atoms with Gasteiger partial charge in [-0.25, -0.2) is 0 Å². The summed E-state index contributed by atoms with van der Waals surface area (Å²) in [6.07, 6.45) is 1.83. The third kappa shape index (κ3) is 4.55. The topological polar surface area (TPSA) is 63.4 Å². The number of thioether (sulfide) groups is 1. The Morgan fingerprint density at radius 3 is 2.56 bits per heavy atom. The second kappa shape index (κ2) is 8.92. The van der Waals surface area contributed by atoms with Crippen LogP contribution < -0.4 is 10.6 Å². The van der Waals surface area contributed by atoms with Crippen molar-refractivity contribution in [1.29, 1.82) is 0 Å². The van der Waals surface area contributed by atoms with Crippen molar-refractivity contribution >= 4 is 47.2 Å². The van der Waals surface area contributed by atoms with E-state index in [4.69, 9.17) is 5.73 Å². The number of hydrogen-bond acceptors (Lipinski definition) is 4. The SMILES string of the molecule is Cl.Nc1cccc2c1CCCN2C(=O)CSCC(=O)c1ccccc1. The minimum absolute atomic E-state index is 0. The van der Waals surface area contributed by atoms with Crippen LogP contribution in [0.25, 0.3) is 0 Å². The van der Waals surface area contributed by atoms with E-state index < -0.39 is 0 Å². The molecule has 0 saturated heterocycles. The molecule has 1 amide bonds. The minimum Gasteiger partial charge on any atom is -0.398 e. The number of carbonyl (C=O) groups excluding carboxylic acids is 2. The summed E-state index contributed by atoms with van der Waals surface area (Å²) in [5.74, 6) is 0.698. The number of fused-ring (bicyclic) bond motifs is 1. The van der Waals surface area contributed by atoms with Crippen LogP contribution in [-0.2, 0) is 11.2 Å². The third-order valence-corrected chi connectivity index (χ3v) is 5.06. The normalized spacial score (nSPS) is 12.9. The van der Waals surface area contributed by atoms with Crippen molar-refractivity contribution in [2.24, 2.45) is 0 Å². The zero-order valence-corrected chi connectivity index (χ0v) is 15.4.